The molecule has 1 atom stereocenters. The van der Waals surface area contributed by atoms with Crippen molar-refractivity contribution in [3.05, 3.63) is 54.1 Å². The fourth-order valence-corrected chi connectivity index (χ4v) is 5.50. The van der Waals surface area contributed by atoms with Crippen LogP contribution >= 0.6 is 0 Å². The van der Waals surface area contributed by atoms with Gasteiger partial charge in [0.1, 0.15) is 11.3 Å². The third-order valence-electron chi connectivity index (χ3n) is 6.14. The number of imidazole rings is 1. The van der Waals surface area contributed by atoms with E-state index in [9.17, 15) is 8.42 Å². The Balaban J connectivity index is 1.73. The minimum Gasteiger partial charge on any atom is -0.380 e. The first-order valence-electron chi connectivity index (χ1n) is 12.2. The van der Waals surface area contributed by atoms with E-state index in [0.29, 0.717) is 30.6 Å². The lowest BCUT2D eigenvalue weighted by Gasteiger charge is -2.29. The van der Waals surface area contributed by atoms with Crippen molar-refractivity contribution in [3.8, 4) is 0 Å². The van der Waals surface area contributed by atoms with E-state index in [0.717, 1.165) is 48.1 Å². The summed E-state index contributed by atoms with van der Waals surface area (Å²) in [7, 11) is -1.96. The summed E-state index contributed by atoms with van der Waals surface area (Å²) < 4.78 is 36.2. The molecule has 2 aromatic heterocycles. The molecule has 1 aromatic carbocycles. The van der Waals surface area contributed by atoms with Gasteiger partial charge in [-0.25, -0.2) is 13.4 Å². The second-order valence-electron chi connectivity index (χ2n) is 9.34. The number of aryl methyl sites for hydroxylation is 1. The van der Waals surface area contributed by atoms with Crippen molar-refractivity contribution in [3.63, 3.8) is 0 Å². The number of hydrogen-bond acceptors (Lipinski definition) is 5. The van der Waals surface area contributed by atoms with Gasteiger partial charge >= 0.3 is 0 Å². The molecule has 0 spiro atoms. The summed E-state index contributed by atoms with van der Waals surface area (Å²) in [6, 6.07) is 8.91. The summed E-state index contributed by atoms with van der Waals surface area (Å²) in [5.74, 6) is 1.27. The number of pyridine rings is 1. The van der Waals surface area contributed by atoms with Crippen molar-refractivity contribution in [1.29, 1.82) is 0 Å². The minimum atomic E-state index is -3.63. The van der Waals surface area contributed by atoms with Gasteiger partial charge in [0.2, 0.25) is 10.0 Å². The van der Waals surface area contributed by atoms with E-state index in [2.05, 4.69) is 35.3 Å². The highest BCUT2D eigenvalue weighted by atomic mass is 32.2. The Morgan fingerprint density at radius 1 is 1.12 bits per heavy atom. The summed E-state index contributed by atoms with van der Waals surface area (Å²) in [4.78, 5) is 9.00. The van der Waals surface area contributed by atoms with E-state index in [1.54, 1.807) is 31.6 Å². The average molecular weight is 487 g/mol. The molecule has 0 fully saturated rings. The fourth-order valence-electron chi connectivity index (χ4n) is 4.15. The average Bonchev–Trinajstić information content (AvgIpc) is 3.12. The highest BCUT2D eigenvalue weighted by molar-refractivity contribution is 7.89. The smallest absolute Gasteiger partial charge is 0.243 e. The number of benzene rings is 1. The number of fused-ring (bicyclic) bond motifs is 1. The van der Waals surface area contributed by atoms with Gasteiger partial charge in [0.25, 0.3) is 0 Å². The topological polar surface area (TPSA) is 77.3 Å². The molecule has 0 N–H and O–H groups in total. The lowest BCUT2D eigenvalue weighted by Crippen LogP contribution is -2.41. The summed E-state index contributed by atoms with van der Waals surface area (Å²) in [5, 5.41) is 0. The molecular formula is C26H38N4O3S. The highest BCUT2D eigenvalue weighted by Crippen LogP contribution is 2.22. The first-order valence-corrected chi connectivity index (χ1v) is 13.6. The van der Waals surface area contributed by atoms with Gasteiger partial charge in [0.15, 0.2) is 0 Å². The molecule has 3 aromatic rings. The van der Waals surface area contributed by atoms with Crippen LogP contribution in [-0.2, 0) is 21.3 Å². The Morgan fingerprint density at radius 3 is 2.53 bits per heavy atom. The third-order valence-corrected chi connectivity index (χ3v) is 8.07. The van der Waals surface area contributed by atoms with E-state index < -0.39 is 10.0 Å². The molecule has 0 saturated carbocycles. The monoisotopic (exact) mass is 486 g/mol. The van der Waals surface area contributed by atoms with Crippen molar-refractivity contribution >= 4 is 21.1 Å². The molecule has 0 bridgehead atoms. The summed E-state index contributed by atoms with van der Waals surface area (Å²) in [6.45, 7) is 10.0. The maximum Gasteiger partial charge on any atom is 0.243 e. The van der Waals surface area contributed by atoms with Crippen LogP contribution < -0.4 is 0 Å². The molecule has 3 rings (SSSR count). The van der Waals surface area contributed by atoms with Gasteiger partial charge in [0.05, 0.1) is 23.2 Å². The molecule has 186 valence electrons. The molecule has 7 nitrogen and oxygen atoms in total. The Hall–Kier alpha value is -2.29. The van der Waals surface area contributed by atoms with Gasteiger partial charge in [-0.1, -0.05) is 45.7 Å². The van der Waals surface area contributed by atoms with Gasteiger partial charge in [-0.3, -0.25) is 4.98 Å². The second-order valence-corrected chi connectivity index (χ2v) is 11.3. The molecule has 0 saturated heterocycles. The maximum absolute atomic E-state index is 13.4. The van der Waals surface area contributed by atoms with Gasteiger partial charge < -0.3 is 9.30 Å². The predicted octanol–water partition coefficient (Wildman–Crippen LogP) is 5.03. The fraction of sp³-hybridized carbons (Fsp3) is 0.538. The first-order chi connectivity index (χ1) is 16.2. The van der Waals surface area contributed by atoms with E-state index in [1.165, 1.54) is 4.31 Å². The molecule has 1 unspecified atom stereocenters. The van der Waals surface area contributed by atoms with E-state index in [-0.39, 0.29) is 6.04 Å². The second kappa shape index (κ2) is 11.9. The number of nitrogens with zero attached hydrogens (tertiary/aromatic N) is 4. The predicted molar refractivity (Wildman–Crippen MR) is 136 cm³/mol. The van der Waals surface area contributed by atoms with Crippen LogP contribution in [0.25, 0.3) is 11.0 Å². The maximum atomic E-state index is 13.4. The van der Waals surface area contributed by atoms with Crippen LogP contribution in [0.3, 0.4) is 0 Å². The number of aromatic nitrogens is 3. The van der Waals surface area contributed by atoms with Crippen LogP contribution in [-0.4, -0.2) is 53.6 Å². The lowest BCUT2D eigenvalue weighted by atomic mass is 10.0. The zero-order valence-electron chi connectivity index (χ0n) is 21.1. The normalized spacial score (nSPS) is 13.3. The molecule has 2 heterocycles. The number of likely N-dealkylation sites (N-methyl/N-ethyl adjacent to an activating group) is 1. The summed E-state index contributed by atoms with van der Waals surface area (Å²) >= 11 is 0. The van der Waals surface area contributed by atoms with Crippen LogP contribution in [0, 0.1) is 12.8 Å². The van der Waals surface area contributed by atoms with Crippen LogP contribution in [0.5, 0.6) is 0 Å². The van der Waals surface area contributed by atoms with Crippen molar-refractivity contribution in [2.45, 2.75) is 70.9 Å². The Bertz CT molecular complexity index is 1160. The van der Waals surface area contributed by atoms with Crippen molar-refractivity contribution in [2.24, 2.45) is 5.92 Å². The van der Waals surface area contributed by atoms with Gasteiger partial charge in [-0.15, -0.1) is 0 Å². The molecule has 0 amide bonds. The van der Waals surface area contributed by atoms with E-state index in [1.807, 2.05) is 25.1 Å². The SMILES string of the molecule is CCCCCOCC(CC(C)C)N(C)S(=O)(=O)c1ccc(Cn2c(C)nc3cnccc32)cc1. The molecule has 0 aliphatic heterocycles. The van der Waals surface area contributed by atoms with E-state index in [4.69, 9.17) is 4.74 Å². The zero-order chi connectivity index (χ0) is 24.7. The lowest BCUT2D eigenvalue weighted by molar-refractivity contribution is 0.0836. The number of rotatable bonds is 13. The Morgan fingerprint density at radius 2 is 1.85 bits per heavy atom. The van der Waals surface area contributed by atoms with E-state index >= 15 is 0 Å². The number of hydrogen-bond donors (Lipinski definition) is 0. The molecule has 0 aliphatic carbocycles. The Kier molecular flexibility index (Phi) is 9.22. The zero-order valence-corrected chi connectivity index (χ0v) is 21.9. The standard InChI is InChI=1S/C26H38N4O3S/c1-6-7-8-15-33-19-23(16-20(2)3)29(5)34(31,32)24-11-9-22(10-12-24)18-30-21(4)28-25-17-27-14-13-26(25)30/h9-14,17,20,23H,6-8,15-16,18-19H2,1-5H3. The van der Waals surface area contributed by atoms with Crippen LogP contribution in [0.1, 0.15) is 57.8 Å². The Labute approximate surface area is 204 Å². The molecular weight excluding hydrogens is 448 g/mol. The van der Waals surface area contributed by atoms with Crippen molar-refractivity contribution in [2.75, 3.05) is 20.3 Å². The molecule has 34 heavy (non-hydrogen) atoms. The number of unbranched alkanes of at least 4 members (excludes halogenated alkanes) is 2. The van der Waals surface area contributed by atoms with Crippen molar-refractivity contribution < 1.29 is 13.2 Å². The van der Waals surface area contributed by atoms with Crippen molar-refractivity contribution in [1.82, 2.24) is 18.8 Å². The minimum absolute atomic E-state index is 0.195. The molecule has 8 heteroatoms. The first kappa shape index (κ1) is 26.3. The van der Waals surface area contributed by atoms with Crippen LogP contribution in [0.4, 0.5) is 0 Å². The number of sulfonamides is 1. The largest absolute Gasteiger partial charge is 0.380 e. The van der Waals surface area contributed by atoms with Gasteiger partial charge in [-0.05, 0) is 49.4 Å². The highest BCUT2D eigenvalue weighted by Gasteiger charge is 2.28. The quantitative estimate of drug-likeness (QED) is 0.317. The number of ether oxygens (including phenoxy) is 1. The van der Waals surface area contributed by atoms with Gasteiger partial charge in [0, 0.05) is 32.4 Å². The molecule has 0 aliphatic rings. The third kappa shape index (κ3) is 6.43. The summed E-state index contributed by atoms with van der Waals surface area (Å²) in [6.07, 6.45) is 7.53. The van der Waals surface area contributed by atoms with Gasteiger partial charge in [-0.2, -0.15) is 4.31 Å². The summed E-state index contributed by atoms with van der Waals surface area (Å²) in [5.41, 5.74) is 2.88. The van der Waals surface area contributed by atoms with Crippen LogP contribution in [0.15, 0.2) is 47.6 Å². The molecule has 0 radical (unpaired) electrons. The van der Waals surface area contributed by atoms with Crippen LogP contribution in [0.2, 0.25) is 0 Å².